The molecule has 1 aliphatic carbocycles. The molecule has 6 nitrogen and oxygen atoms in total. The fourth-order valence-electron chi connectivity index (χ4n) is 2.15. The Morgan fingerprint density at radius 3 is 2.60 bits per heavy atom. The van der Waals surface area contributed by atoms with Crippen molar-refractivity contribution in [1.82, 2.24) is 0 Å². The Morgan fingerprint density at radius 2 is 2.10 bits per heavy atom. The van der Waals surface area contributed by atoms with Gasteiger partial charge in [0.1, 0.15) is 12.4 Å². The maximum absolute atomic E-state index is 12.2. The number of Topliss-reactive ketones (excluding diaryl/α,β-unsaturated/α-hetero) is 1. The Hall–Kier alpha value is -1.85. The van der Waals surface area contributed by atoms with E-state index in [1.165, 1.54) is 7.11 Å². The molecule has 1 unspecified atom stereocenters. The molecule has 112 valence electrons. The summed E-state index contributed by atoms with van der Waals surface area (Å²) in [6, 6.07) is 0. The van der Waals surface area contributed by atoms with Crippen LogP contribution in [0.5, 0.6) is 0 Å². The van der Waals surface area contributed by atoms with E-state index in [1.807, 2.05) is 6.92 Å². The number of methoxy groups -OCH3 is 1. The van der Waals surface area contributed by atoms with E-state index in [1.54, 1.807) is 6.92 Å². The molecule has 0 saturated heterocycles. The van der Waals surface area contributed by atoms with Crippen LogP contribution in [0.15, 0.2) is 16.5 Å². The van der Waals surface area contributed by atoms with Gasteiger partial charge >= 0.3 is 5.97 Å². The van der Waals surface area contributed by atoms with Crippen LogP contribution in [-0.2, 0) is 19.2 Å². The zero-order valence-electron chi connectivity index (χ0n) is 12.1. The minimum Gasteiger partial charge on any atom is -0.511 e. The van der Waals surface area contributed by atoms with Crippen molar-refractivity contribution in [3.8, 4) is 0 Å². The Kier molecular flexibility index (Phi) is 6.21. The van der Waals surface area contributed by atoms with E-state index in [0.717, 1.165) is 6.42 Å². The second-order valence-corrected chi connectivity index (χ2v) is 4.58. The normalized spacial score (nSPS) is 20.1. The number of aliphatic hydroxyl groups excluding tert-OH is 1. The average molecular weight is 283 g/mol. The molecule has 0 aliphatic heterocycles. The topological polar surface area (TPSA) is 85.2 Å². The Balaban J connectivity index is 3.02. The zero-order valence-corrected chi connectivity index (χ0v) is 12.1. The second-order valence-electron chi connectivity index (χ2n) is 4.58. The maximum atomic E-state index is 12.2. The number of hydrogen-bond donors (Lipinski definition) is 1. The van der Waals surface area contributed by atoms with Gasteiger partial charge in [0.2, 0.25) is 0 Å². The third-order valence-electron chi connectivity index (χ3n) is 3.05. The van der Waals surface area contributed by atoms with Crippen molar-refractivity contribution in [2.45, 2.75) is 39.5 Å². The van der Waals surface area contributed by atoms with Gasteiger partial charge in [-0.25, -0.2) is 0 Å². The summed E-state index contributed by atoms with van der Waals surface area (Å²) in [6.07, 6.45) is 1.44. The van der Waals surface area contributed by atoms with Crippen LogP contribution in [0.3, 0.4) is 0 Å². The number of carbonyl (C=O) groups excluding carboxylic acids is 2. The first kappa shape index (κ1) is 16.2. The van der Waals surface area contributed by atoms with Crippen LogP contribution >= 0.6 is 0 Å². The Morgan fingerprint density at radius 1 is 1.40 bits per heavy atom. The Labute approximate surface area is 118 Å². The second kappa shape index (κ2) is 7.67. The number of esters is 1. The van der Waals surface area contributed by atoms with E-state index in [9.17, 15) is 14.7 Å². The van der Waals surface area contributed by atoms with Gasteiger partial charge in [-0.15, -0.1) is 0 Å². The van der Waals surface area contributed by atoms with Gasteiger partial charge < -0.3 is 14.7 Å². The summed E-state index contributed by atoms with van der Waals surface area (Å²) < 4.78 is 4.61. The van der Waals surface area contributed by atoms with Crippen molar-refractivity contribution in [3.05, 3.63) is 11.3 Å². The van der Waals surface area contributed by atoms with Gasteiger partial charge in [0.25, 0.3) is 0 Å². The molecule has 0 aromatic heterocycles. The van der Waals surface area contributed by atoms with Crippen LogP contribution in [0, 0.1) is 5.92 Å². The van der Waals surface area contributed by atoms with Crippen LogP contribution in [0.4, 0.5) is 0 Å². The summed E-state index contributed by atoms with van der Waals surface area (Å²) in [4.78, 5) is 28.6. The average Bonchev–Trinajstić information content (AvgIpc) is 2.42. The highest BCUT2D eigenvalue weighted by Gasteiger charge is 2.34. The molecule has 1 atom stereocenters. The van der Waals surface area contributed by atoms with Gasteiger partial charge in [0, 0.05) is 12.8 Å². The van der Waals surface area contributed by atoms with Gasteiger partial charge in [-0.05, 0) is 13.3 Å². The summed E-state index contributed by atoms with van der Waals surface area (Å²) in [5.74, 6) is -1.51. The van der Waals surface area contributed by atoms with Gasteiger partial charge in [-0.1, -0.05) is 18.5 Å². The smallest absolute Gasteiger partial charge is 0.309 e. The lowest BCUT2D eigenvalue weighted by Crippen LogP contribution is -2.29. The van der Waals surface area contributed by atoms with Crippen LogP contribution in [0.1, 0.15) is 39.5 Å². The summed E-state index contributed by atoms with van der Waals surface area (Å²) in [7, 11) is 1.27. The molecular weight excluding hydrogens is 262 g/mol. The van der Waals surface area contributed by atoms with Crippen molar-refractivity contribution in [2.75, 3.05) is 13.7 Å². The molecule has 0 aromatic rings. The van der Waals surface area contributed by atoms with E-state index in [-0.39, 0.29) is 30.0 Å². The van der Waals surface area contributed by atoms with E-state index >= 15 is 0 Å². The lowest BCUT2D eigenvalue weighted by Gasteiger charge is -2.22. The fraction of sp³-hybridized carbons (Fsp3) is 0.643. The van der Waals surface area contributed by atoms with Crippen molar-refractivity contribution < 1.29 is 24.3 Å². The molecule has 1 N–H and O–H groups in total. The van der Waals surface area contributed by atoms with Crippen LogP contribution in [0.25, 0.3) is 0 Å². The molecule has 0 fully saturated rings. The van der Waals surface area contributed by atoms with Crippen molar-refractivity contribution >= 4 is 17.5 Å². The molecule has 0 saturated carbocycles. The molecule has 0 bridgehead atoms. The minimum absolute atomic E-state index is 0.0287. The third kappa shape index (κ3) is 3.82. The van der Waals surface area contributed by atoms with Gasteiger partial charge in [0.05, 0.1) is 24.3 Å². The fourth-order valence-corrected chi connectivity index (χ4v) is 2.15. The highest BCUT2D eigenvalue weighted by Crippen LogP contribution is 2.28. The first-order chi connectivity index (χ1) is 9.54. The number of oxime groups is 1. The number of ketones is 1. The van der Waals surface area contributed by atoms with Gasteiger partial charge in [0.15, 0.2) is 5.78 Å². The number of ether oxygens (including phenoxy) is 1. The van der Waals surface area contributed by atoms with Crippen molar-refractivity contribution in [2.24, 2.45) is 11.1 Å². The standard InChI is InChI=1S/C14H21NO5/c1-4-6-10(15-20-5-2)13-11(16)7-9(8-12(13)17)14(18)19-3/h9,16H,4-8H2,1-3H3/b15-10+. The molecule has 0 aromatic carbocycles. The molecule has 6 heteroatoms. The SMILES string of the molecule is CCC/C(=N\OCC)C1=C(O)CC(C(=O)OC)CC1=O. The predicted molar refractivity (Wildman–Crippen MR) is 73.4 cm³/mol. The van der Waals surface area contributed by atoms with Crippen molar-refractivity contribution in [1.29, 1.82) is 0 Å². The lowest BCUT2D eigenvalue weighted by molar-refractivity contribution is -0.147. The van der Waals surface area contributed by atoms with Crippen LogP contribution < -0.4 is 0 Å². The Bertz CT molecular complexity index is 439. The highest BCUT2D eigenvalue weighted by atomic mass is 16.6. The number of nitrogens with zero attached hydrogens (tertiary/aromatic N) is 1. The number of rotatable bonds is 6. The summed E-state index contributed by atoms with van der Waals surface area (Å²) in [5, 5.41) is 14.0. The summed E-state index contributed by atoms with van der Waals surface area (Å²) >= 11 is 0. The molecule has 0 spiro atoms. The molecular formula is C14H21NO5. The molecule has 1 rings (SSSR count). The number of hydrogen-bond acceptors (Lipinski definition) is 6. The van der Waals surface area contributed by atoms with Gasteiger partial charge in [-0.2, -0.15) is 0 Å². The van der Waals surface area contributed by atoms with Crippen molar-refractivity contribution in [3.63, 3.8) is 0 Å². The summed E-state index contributed by atoms with van der Waals surface area (Å²) in [5.41, 5.74) is 0.639. The molecule has 20 heavy (non-hydrogen) atoms. The number of allylic oxidation sites excluding steroid dienone is 2. The van der Waals surface area contributed by atoms with E-state index < -0.39 is 11.9 Å². The van der Waals surface area contributed by atoms with Gasteiger partial charge in [-0.3, -0.25) is 9.59 Å². The number of carbonyl (C=O) groups is 2. The van der Waals surface area contributed by atoms with Crippen LogP contribution in [0.2, 0.25) is 0 Å². The maximum Gasteiger partial charge on any atom is 0.309 e. The molecule has 1 aliphatic rings. The number of aliphatic hydroxyl groups is 1. The minimum atomic E-state index is -0.619. The predicted octanol–water partition coefficient (Wildman–Crippen LogP) is 2.14. The highest BCUT2D eigenvalue weighted by molar-refractivity contribution is 6.23. The molecule has 0 amide bonds. The van der Waals surface area contributed by atoms with E-state index in [4.69, 9.17) is 4.84 Å². The monoisotopic (exact) mass is 283 g/mol. The quantitative estimate of drug-likeness (QED) is 0.458. The largest absolute Gasteiger partial charge is 0.511 e. The molecule has 0 heterocycles. The molecule has 0 radical (unpaired) electrons. The third-order valence-corrected chi connectivity index (χ3v) is 3.05. The first-order valence-corrected chi connectivity index (χ1v) is 6.77. The summed E-state index contributed by atoms with van der Waals surface area (Å²) in [6.45, 7) is 4.13. The zero-order chi connectivity index (χ0) is 15.1. The first-order valence-electron chi connectivity index (χ1n) is 6.77. The van der Waals surface area contributed by atoms with E-state index in [0.29, 0.717) is 18.7 Å². The van der Waals surface area contributed by atoms with E-state index in [2.05, 4.69) is 9.89 Å². The lowest BCUT2D eigenvalue weighted by atomic mass is 9.84. The van der Waals surface area contributed by atoms with Crippen LogP contribution in [-0.4, -0.2) is 36.3 Å².